The SMILES string of the molecule is CCCCCC(=O)N1CCC[C@H](c2nc3c(nnn3Cc3c(Cl)cccc3Cl)c(=O)[nH]2)C1. The maximum absolute atomic E-state index is 12.7. The monoisotopic (exact) mass is 476 g/mol. The molecule has 8 nitrogen and oxygen atoms in total. The predicted octanol–water partition coefficient (Wildman–Crippen LogP) is 4.16. The molecule has 1 aliphatic heterocycles. The molecule has 0 bridgehead atoms. The quantitative estimate of drug-likeness (QED) is 0.516. The van der Waals surface area contributed by atoms with Crippen LogP contribution in [-0.2, 0) is 11.3 Å². The van der Waals surface area contributed by atoms with Crippen LogP contribution in [0.4, 0.5) is 0 Å². The summed E-state index contributed by atoms with van der Waals surface area (Å²) in [7, 11) is 0. The van der Waals surface area contributed by atoms with Crippen LogP contribution >= 0.6 is 23.2 Å². The van der Waals surface area contributed by atoms with Gasteiger partial charge in [-0.3, -0.25) is 9.59 Å². The molecule has 1 atom stereocenters. The molecule has 0 saturated carbocycles. The average molecular weight is 477 g/mol. The molecule has 170 valence electrons. The molecule has 1 saturated heterocycles. The van der Waals surface area contributed by atoms with E-state index in [1.165, 1.54) is 4.68 Å². The molecule has 1 aromatic carbocycles. The third kappa shape index (κ3) is 4.81. The first kappa shape index (κ1) is 22.7. The first-order valence-corrected chi connectivity index (χ1v) is 11.8. The summed E-state index contributed by atoms with van der Waals surface area (Å²) in [4.78, 5) is 34.7. The van der Waals surface area contributed by atoms with Gasteiger partial charge in [0, 0.05) is 41.0 Å². The molecule has 1 N–H and O–H groups in total. The molecular weight excluding hydrogens is 451 g/mol. The van der Waals surface area contributed by atoms with E-state index in [1.54, 1.807) is 18.2 Å². The standard InChI is InChI=1S/C22H26Cl2N6O2/c1-2-3-4-10-18(31)29-11-6-7-14(12-29)20-25-21-19(22(32)26-20)27-28-30(21)13-15-16(23)8-5-9-17(15)24/h5,8-9,14H,2-4,6-7,10-13H2,1H3,(H,25,26,32)/t14-/m0/s1. The Bertz CT molecular complexity index is 1150. The van der Waals surface area contributed by atoms with Crippen molar-refractivity contribution in [1.82, 2.24) is 29.9 Å². The Hall–Kier alpha value is -2.45. The fraction of sp³-hybridized carbons (Fsp3) is 0.500. The van der Waals surface area contributed by atoms with E-state index >= 15 is 0 Å². The fourth-order valence-corrected chi connectivity index (χ4v) is 4.64. The van der Waals surface area contributed by atoms with Gasteiger partial charge in [-0.2, -0.15) is 0 Å². The lowest BCUT2D eigenvalue weighted by molar-refractivity contribution is -0.132. The lowest BCUT2D eigenvalue weighted by Gasteiger charge is -2.32. The van der Waals surface area contributed by atoms with E-state index in [-0.39, 0.29) is 29.4 Å². The molecule has 0 unspecified atom stereocenters. The van der Waals surface area contributed by atoms with E-state index < -0.39 is 0 Å². The minimum absolute atomic E-state index is 0.0387. The third-order valence-electron chi connectivity index (χ3n) is 5.92. The lowest BCUT2D eigenvalue weighted by Crippen LogP contribution is -2.39. The number of halogens is 2. The second kappa shape index (κ2) is 10.0. The number of amides is 1. The van der Waals surface area contributed by atoms with E-state index in [9.17, 15) is 9.59 Å². The molecule has 3 aromatic rings. The molecule has 0 radical (unpaired) electrons. The molecule has 1 aliphatic rings. The van der Waals surface area contributed by atoms with Gasteiger partial charge >= 0.3 is 0 Å². The Kier molecular flexibility index (Phi) is 7.10. The topological polar surface area (TPSA) is 96.8 Å². The van der Waals surface area contributed by atoms with Crippen LogP contribution in [0.15, 0.2) is 23.0 Å². The Balaban J connectivity index is 1.59. The number of hydrogen-bond donors (Lipinski definition) is 1. The number of nitrogens with zero attached hydrogens (tertiary/aromatic N) is 5. The van der Waals surface area contributed by atoms with Crippen LogP contribution in [0.3, 0.4) is 0 Å². The molecule has 3 heterocycles. The van der Waals surface area contributed by atoms with Gasteiger partial charge in [0.25, 0.3) is 5.56 Å². The zero-order valence-corrected chi connectivity index (χ0v) is 19.5. The highest BCUT2D eigenvalue weighted by Gasteiger charge is 2.27. The predicted molar refractivity (Wildman–Crippen MR) is 124 cm³/mol. The average Bonchev–Trinajstić information content (AvgIpc) is 3.20. The summed E-state index contributed by atoms with van der Waals surface area (Å²) >= 11 is 12.6. The highest BCUT2D eigenvalue weighted by molar-refractivity contribution is 6.36. The Morgan fingerprint density at radius 1 is 1.25 bits per heavy atom. The number of likely N-dealkylation sites (tertiary alicyclic amines) is 1. The molecular formula is C22H26Cl2N6O2. The summed E-state index contributed by atoms with van der Waals surface area (Å²) in [6.07, 6.45) is 5.35. The van der Waals surface area contributed by atoms with Gasteiger partial charge in [0.1, 0.15) is 5.82 Å². The van der Waals surface area contributed by atoms with Gasteiger partial charge in [-0.05, 0) is 31.4 Å². The van der Waals surface area contributed by atoms with Crippen molar-refractivity contribution >= 4 is 40.3 Å². The highest BCUT2D eigenvalue weighted by atomic mass is 35.5. The second-order valence-corrected chi connectivity index (χ2v) is 9.02. The van der Waals surface area contributed by atoms with Crippen LogP contribution < -0.4 is 5.56 Å². The number of aromatic amines is 1. The maximum atomic E-state index is 12.7. The molecule has 10 heteroatoms. The summed E-state index contributed by atoms with van der Waals surface area (Å²) in [6.45, 7) is 3.67. The number of benzene rings is 1. The van der Waals surface area contributed by atoms with Gasteiger partial charge in [0.05, 0.1) is 6.54 Å². The maximum Gasteiger partial charge on any atom is 0.281 e. The van der Waals surface area contributed by atoms with Crippen LogP contribution in [-0.4, -0.2) is 48.9 Å². The molecule has 4 rings (SSSR count). The van der Waals surface area contributed by atoms with Crippen molar-refractivity contribution in [2.45, 2.75) is 57.9 Å². The molecule has 0 spiro atoms. The molecule has 0 aliphatic carbocycles. The minimum atomic E-state index is -0.340. The zero-order valence-electron chi connectivity index (χ0n) is 18.0. The number of unbranched alkanes of at least 4 members (excludes halogenated alkanes) is 2. The van der Waals surface area contributed by atoms with Crippen molar-refractivity contribution in [3.05, 3.63) is 50.0 Å². The van der Waals surface area contributed by atoms with Crippen molar-refractivity contribution in [3.63, 3.8) is 0 Å². The Labute approximate surface area is 195 Å². The van der Waals surface area contributed by atoms with Crippen molar-refractivity contribution in [2.75, 3.05) is 13.1 Å². The van der Waals surface area contributed by atoms with Crippen LogP contribution in [0, 0.1) is 0 Å². The number of fused-ring (bicyclic) bond motifs is 1. The van der Waals surface area contributed by atoms with Crippen molar-refractivity contribution in [2.24, 2.45) is 0 Å². The first-order valence-electron chi connectivity index (χ1n) is 11.0. The molecule has 32 heavy (non-hydrogen) atoms. The second-order valence-electron chi connectivity index (χ2n) is 8.21. The van der Waals surface area contributed by atoms with Crippen LogP contribution in [0.5, 0.6) is 0 Å². The molecule has 1 fully saturated rings. The van der Waals surface area contributed by atoms with E-state index in [1.807, 2.05) is 4.90 Å². The van der Waals surface area contributed by atoms with Crippen LogP contribution in [0.25, 0.3) is 11.2 Å². The number of hydrogen-bond acceptors (Lipinski definition) is 5. The Morgan fingerprint density at radius 3 is 2.78 bits per heavy atom. The van der Waals surface area contributed by atoms with Gasteiger partial charge in [0.15, 0.2) is 11.2 Å². The van der Waals surface area contributed by atoms with Crippen molar-refractivity contribution in [1.29, 1.82) is 0 Å². The largest absolute Gasteiger partial charge is 0.342 e. The smallest absolute Gasteiger partial charge is 0.281 e. The van der Waals surface area contributed by atoms with E-state index in [0.29, 0.717) is 40.0 Å². The molecule has 2 aromatic heterocycles. The van der Waals surface area contributed by atoms with Gasteiger partial charge in [0.2, 0.25) is 5.91 Å². The van der Waals surface area contributed by atoms with Gasteiger partial charge in [-0.15, -0.1) is 5.10 Å². The number of rotatable bonds is 7. The number of piperidine rings is 1. The summed E-state index contributed by atoms with van der Waals surface area (Å²) in [6, 6.07) is 5.27. The molecule has 1 amide bonds. The summed E-state index contributed by atoms with van der Waals surface area (Å²) in [5, 5.41) is 9.13. The summed E-state index contributed by atoms with van der Waals surface area (Å²) < 4.78 is 1.54. The summed E-state index contributed by atoms with van der Waals surface area (Å²) in [5.41, 5.74) is 0.895. The minimum Gasteiger partial charge on any atom is -0.342 e. The number of nitrogens with one attached hydrogen (secondary N) is 1. The zero-order chi connectivity index (χ0) is 22.7. The Morgan fingerprint density at radius 2 is 2.03 bits per heavy atom. The van der Waals surface area contributed by atoms with Crippen LogP contribution in [0.2, 0.25) is 10.0 Å². The van der Waals surface area contributed by atoms with Gasteiger partial charge in [-0.1, -0.05) is 54.2 Å². The number of carbonyl (C=O) groups is 1. The number of H-pyrrole nitrogens is 1. The third-order valence-corrected chi connectivity index (χ3v) is 6.62. The normalized spacial score (nSPS) is 16.6. The lowest BCUT2D eigenvalue weighted by atomic mass is 9.96. The van der Waals surface area contributed by atoms with Crippen LogP contribution in [0.1, 0.15) is 62.8 Å². The number of carbonyl (C=O) groups excluding carboxylic acids is 1. The van der Waals surface area contributed by atoms with E-state index in [0.717, 1.165) is 38.6 Å². The summed E-state index contributed by atoms with van der Waals surface area (Å²) in [5.74, 6) is 0.692. The van der Waals surface area contributed by atoms with Gasteiger partial charge < -0.3 is 9.88 Å². The number of aromatic nitrogens is 5. The van der Waals surface area contributed by atoms with Crippen molar-refractivity contribution in [3.8, 4) is 0 Å². The van der Waals surface area contributed by atoms with E-state index in [2.05, 4.69) is 22.2 Å². The first-order chi connectivity index (χ1) is 15.5. The highest BCUT2D eigenvalue weighted by Crippen LogP contribution is 2.27. The van der Waals surface area contributed by atoms with Crippen molar-refractivity contribution < 1.29 is 4.79 Å². The van der Waals surface area contributed by atoms with Gasteiger partial charge in [-0.25, -0.2) is 9.67 Å². The van der Waals surface area contributed by atoms with E-state index in [4.69, 9.17) is 28.2 Å². The fourth-order valence-electron chi connectivity index (χ4n) is 4.13.